The number of hydrogen-bond acceptors (Lipinski definition) is 5. The molecule has 7 heteroatoms. The maximum atomic E-state index is 12.4. The lowest BCUT2D eigenvalue weighted by Gasteiger charge is -2.35. The van der Waals surface area contributed by atoms with E-state index in [0.29, 0.717) is 31.9 Å². The first kappa shape index (κ1) is 24.3. The van der Waals surface area contributed by atoms with Gasteiger partial charge in [-0.3, -0.25) is 14.5 Å². The Morgan fingerprint density at radius 2 is 1.70 bits per heavy atom. The second-order valence-electron chi connectivity index (χ2n) is 7.93. The topological polar surface area (TPSA) is 62.3 Å². The smallest absolute Gasteiger partial charge is 0.260 e. The summed E-state index contributed by atoms with van der Waals surface area (Å²) in [5.41, 5.74) is 0.987. The highest BCUT2D eigenvalue weighted by molar-refractivity contribution is 5.78. The lowest BCUT2D eigenvalue weighted by atomic mass is 10.2. The van der Waals surface area contributed by atoms with Crippen molar-refractivity contribution in [1.82, 2.24) is 14.7 Å². The van der Waals surface area contributed by atoms with Gasteiger partial charge in [-0.1, -0.05) is 48.6 Å². The minimum atomic E-state index is 0.00495. The molecule has 0 radical (unpaired) electrons. The maximum absolute atomic E-state index is 12.4. The van der Waals surface area contributed by atoms with Crippen LogP contribution in [0.2, 0.25) is 0 Å². The monoisotopic (exact) mass is 451 g/mol. The number of ether oxygens (including phenoxy) is 2. The van der Waals surface area contributed by atoms with E-state index in [1.807, 2.05) is 76.5 Å². The van der Waals surface area contributed by atoms with Gasteiger partial charge >= 0.3 is 0 Å². The molecule has 0 aromatic heterocycles. The molecule has 0 N–H and O–H groups in total. The second-order valence-corrected chi connectivity index (χ2v) is 7.93. The molecular formula is C26H33N3O4. The summed E-state index contributed by atoms with van der Waals surface area (Å²) in [4.78, 5) is 30.5. The van der Waals surface area contributed by atoms with Gasteiger partial charge in [0.2, 0.25) is 5.91 Å². The Hall–Kier alpha value is -3.32. The van der Waals surface area contributed by atoms with Gasteiger partial charge in [-0.15, -0.1) is 0 Å². The molecule has 2 amide bonds. The first-order chi connectivity index (χ1) is 16.1. The van der Waals surface area contributed by atoms with Crippen LogP contribution in [0.15, 0.2) is 60.7 Å². The van der Waals surface area contributed by atoms with Crippen molar-refractivity contribution in [3.05, 3.63) is 66.2 Å². The van der Waals surface area contributed by atoms with E-state index in [4.69, 9.17) is 9.47 Å². The fraction of sp³-hybridized carbons (Fsp3) is 0.385. The fourth-order valence-electron chi connectivity index (χ4n) is 3.72. The number of carbonyl (C=O) groups is 2. The average Bonchev–Trinajstić information content (AvgIpc) is 2.85. The highest BCUT2D eigenvalue weighted by Crippen LogP contribution is 2.18. The Morgan fingerprint density at radius 3 is 2.39 bits per heavy atom. The minimum Gasteiger partial charge on any atom is -0.496 e. The maximum Gasteiger partial charge on any atom is 0.260 e. The Morgan fingerprint density at radius 1 is 1.00 bits per heavy atom. The van der Waals surface area contributed by atoms with Crippen LogP contribution in [0.25, 0.3) is 6.08 Å². The van der Waals surface area contributed by atoms with Crippen LogP contribution in [-0.2, 0) is 9.59 Å². The molecule has 2 aromatic rings. The van der Waals surface area contributed by atoms with Crippen molar-refractivity contribution in [2.75, 3.05) is 59.5 Å². The van der Waals surface area contributed by atoms with E-state index in [0.717, 1.165) is 30.9 Å². The number of piperazine rings is 1. The Kier molecular flexibility index (Phi) is 9.32. The summed E-state index contributed by atoms with van der Waals surface area (Å²) in [5, 5.41) is 0. The summed E-state index contributed by atoms with van der Waals surface area (Å²) in [6, 6.07) is 17.2. The number of nitrogens with zero attached hydrogens (tertiary/aromatic N) is 3. The third-order valence-electron chi connectivity index (χ3n) is 5.72. The summed E-state index contributed by atoms with van der Waals surface area (Å²) in [6.45, 7) is 6.56. The zero-order valence-electron chi connectivity index (χ0n) is 19.5. The number of benzene rings is 2. The predicted molar refractivity (Wildman–Crippen MR) is 129 cm³/mol. The molecule has 3 rings (SSSR count). The van der Waals surface area contributed by atoms with E-state index in [9.17, 15) is 9.59 Å². The van der Waals surface area contributed by atoms with Gasteiger partial charge < -0.3 is 19.3 Å². The molecule has 33 heavy (non-hydrogen) atoms. The summed E-state index contributed by atoms with van der Waals surface area (Å²) in [6.07, 6.45) is 3.97. The highest BCUT2D eigenvalue weighted by atomic mass is 16.5. The molecule has 0 atom stereocenters. The predicted octanol–water partition coefficient (Wildman–Crippen LogP) is 2.78. The number of rotatable bonds is 10. The summed E-state index contributed by atoms with van der Waals surface area (Å²) in [7, 11) is 1.65. The molecule has 176 valence electrons. The molecule has 0 aliphatic carbocycles. The molecule has 1 fully saturated rings. The van der Waals surface area contributed by atoms with Crippen LogP contribution in [0.4, 0.5) is 0 Å². The zero-order valence-corrected chi connectivity index (χ0v) is 19.5. The molecule has 0 spiro atoms. The van der Waals surface area contributed by atoms with Gasteiger partial charge in [-0.05, 0) is 18.2 Å². The van der Waals surface area contributed by atoms with Crippen LogP contribution < -0.4 is 9.47 Å². The molecule has 1 aliphatic heterocycles. The fourth-order valence-corrected chi connectivity index (χ4v) is 3.72. The first-order valence-corrected chi connectivity index (χ1v) is 11.3. The zero-order chi connectivity index (χ0) is 23.5. The van der Waals surface area contributed by atoms with Gasteiger partial charge in [0, 0.05) is 58.3 Å². The van der Waals surface area contributed by atoms with Gasteiger partial charge in [0.25, 0.3) is 5.91 Å². The number of amides is 2. The Bertz CT molecular complexity index is 924. The Labute approximate surface area is 196 Å². The summed E-state index contributed by atoms with van der Waals surface area (Å²) >= 11 is 0. The molecule has 0 bridgehead atoms. The lowest BCUT2D eigenvalue weighted by molar-refractivity contribution is -0.135. The molecule has 1 saturated heterocycles. The van der Waals surface area contributed by atoms with Crippen molar-refractivity contribution in [2.45, 2.75) is 6.92 Å². The van der Waals surface area contributed by atoms with Gasteiger partial charge in [0.15, 0.2) is 6.61 Å². The van der Waals surface area contributed by atoms with Crippen molar-refractivity contribution in [2.24, 2.45) is 0 Å². The van der Waals surface area contributed by atoms with Crippen molar-refractivity contribution >= 4 is 17.9 Å². The van der Waals surface area contributed by atoms with E-state index in [1.54, 1.807) is 14.0 Å². The van der Waals surface area contributed by atoms with E-state index in [1.165, 1.54) is 0 Å². The van der Waals surface area contributed by atoms with Crippen molar-refractivity contribution in [1.29, 1.82) is 0 Å². The number of hydrogen-bond donors (Lipinski definition) is 0. The Balaban J connectivity index is 1.40. The van der Waals surface area contributed by atoms with E-state index in [2.05, 4.69) is 4.90 Å². The van der Waals surface area contributed by atoms with Crippen LogP contribution in [-0.4, -0.2) is 86.0 Å². The second kappa shape index (κ2) is 12.6. The summed E-state index contributed by atoms with van der Waals surface area (Å²) < 4.78 is 10.9. The van der Waals surface area contributed by atoms with Crippen LogP contribution in [0.1, 0.15) is 12.5 Å². The molecule has 1 aliphatic rings. The molecule has 0 saturated carbocycles. The van der Waals surface area contributed by atoms with Gasteiger partial charge in [0.05, 0.1) is 7.11 Å². The molecule has 2 aromatic carbocycles. The highest BCUT2D eigenvalue weighted by Gasteiger charge is 2.22. The van der Waals surface area contributed by atoms with Crippen molar-refractivity contribution in [3.8, 4) is 11.5 Å². The van der Waals surface area contributed by atoms with E-state index in [-0.39, 0.29) is 18.4 Å². The van der Waals surface area contributed by atoms with E-state index < -0.39 is 0 Å². The van der Waals surface area contributed by atoms with Gasteiger partial charge in [-0.25, -0.2) is 0 Å². The molecular weight excluding hydrogens is 418 g/mol. The largest absolute Gasteiger partial charge is 0.496 e. The van der Waals surface area contributed by atoms with E-state index >= 15 is 0 Å². The number of para-hydroxylation sites is 2. The van der Waals surface area contributed by atoms with Gasteiger partial charge in [-0.2, -0.15) is 0 Å². The normalized spacial score (nSPS) is 14.3. The third-order valence-corrected chi connectivity index (χ3v) is 5.72. The molecule has 1 heterocycles. The van der Waals surface area contributed by atoms with Crippen LogP contribution in [0.5, 0.6) is 11.5 Å². The van der Waals surface area contributed by atoms with Crippen LogP contribution in [0.3, 0.4) is 0 Å². The van der Waals surface area contributed by atoms with Crippen LogP contribution in [0, 0.1) is 0 Å². The standard InChI is InChI=1S/C26H33N3O4/c1-22(30)28(14-8-10-23-9-6-7-13-25(23)32-2)18-15-27-16-19-29(20-17-27)26(31)21-33-24-11-4-3-5-12-24/h3-13H,14-21H2,1-2H3/b10-8+. The number of methoxy groups -OCH3 is 1. The lowest BCUT2D eigenvalue weighted by Crippen LogP contribution is -2.51. The average molecular weight is 452 g/mol. The quantitative estimate of drug-likeness (QED) is 0.556. The molecule has 7 nitrogen and oxygen atoms in total. The minimum absolute atomic E-state index is 0.00495. The molecule has 0 unspecified atom stereocenters. The number of carbonyl (C=O) groups excluding carboxylic acids is 2. The van der Waals surface area contributed by atoms with Crippen molar-refractivity contribution < 1.29 is 19.1 Å². The van der Waals surface area contributed by atoms with Crippen LogP contribution >= 0.6 is 0 Å². The van der Waals surface area contributed by atoms with Gasteiger partial charge in [0.1, 0.15) is 11.5 Å². The first-order valence-electron chi connectivity index (χ1n) is 11.3. The van der Waals surface area contributed by atoms with Crippen molar-refractivity contribution in [3.63, 3.8) is 0 Å². The SMILES string of the molecule is COc1ccccc1/C=C/CN(CCN1CCN(C(=O)COc2ccccc2)CC1)C(C)=O. The summed E-state index contributed by atoms with van der Waals surface area (Å²) in [5.74, 6) is 1.56. The third kappa shape index (κ3) is 7.64.